The van der Waals surface area contributed by atoms with E-state index in [1.807, 2.05) is 13.0 Å². The van der Waals surface area contributed by atoms with Gasteiger partial charge in [-0.1, -0.05) is 103 Å². The molecule has 5 heteroatoms. The highest BCUT2D eigenvalue weighted by Gasteiger charge is 2.44. The van der Waals surface area contributed by atoms with Gasteiger partial charge in [0.15, 0.2) is 0 Å². The molecule has 0 saturated heterocycles. The lowest BCUT2D eigenvalue weighted by molar-refractivity contribution is 0.463. The quantitative estimate of drug-likeness (QED) is 0.117. The minimum absolute atomic E-state index is 0.178. The number of aryl methyl sites for hydroxylation is 1. The summed E-state index contributed by atoms with van der Waals surface area (Å²) >= 11 is 0. The largest absolute Gasteiger partial charge is 0.744 e. The second kappa shape index (κ2) is 15.3. The summed E-state index contributed by atoms with van der Waals surface area (Å²) in [7, 11) is -6.13. The first kappa shape index (κ1) is 23.6. The van der Waals surface area contributed by atoms with E-state index in [-0.39, 0.29) is 4.90 Å². The summed E-state index contributed by atoms with van der Waals surface area (Å²) < 4.78 is 68.3. The van der Waals surface area contributed by atoms with Gasteiger partial charge in [0.05, 0.1) is 11.1 Å². The molecule has 4 aromatic rings. The smallest absolute Gasteiger partial charge is 0.124 e. The molecule has 3 nitrogen and oxygen atoms in total. The molecule has 0 saturated carbocycles. The van der Waals surface area contributed by atoms with Crippen LogP contribution in [0.1, 0.15) is 38.5 Å². The van der Waals surface area contributed by atoms with Crippen molar-refractivity contribution in [3.05, 3.63) is 145 Å². The molecule has 39 heavy (non-hydrogen) atoms. The second-order valence-electron chi connectivity index (χ2n) is 8.85. The monoisotopic (exact) mass is 561 g/mol. The predicted molar refractivity (Wildman–Crippen MR) is 167 cm³/mol. The van der Waals surface area contributed by atoms with Gasteiger partial charge in [0.25, 0.3) is 0 Å². The molecule has 202 valence electrons. The van der Waals surface area contributed by atoms with E-state index < -0.39 is 30.6 Å². The Balaban J connectivity index is 0.000000404. The molecule has 4 aromatic carbocycles. The normalized spacial score (nSPS) is 14.5. The number of hydrogen-bond acceptors (Lipinski definition) is 3. The third kappa shape index (κ3) is 8.86. The molecule has 0 N–H and O–H groups in total. The number of allylic oxidation sites excluding steroid dienone is 4. The zero-order chi connectivity index (χ0) is 32.3. The van der Waals surface area contributed by atoms with Crippen molar-refractivity contribution >= 4 is 33.3 Å². The lowest BCUT2D eigenvalue weighted by Gasteiger charge is -2.27. The fourth-order valence-corrected chi connectivity index (χ4v) is 8.99. The van der Waals surface area contributed by atoms with Gasteiger partial charge >= 0.3 is 0 Å². The minimum Gasteiger partial charge on any atom is -0.744 e. The van der Waals surface area contributed by atoms with Crippen molar-refractivity contribution in [2.24, 2.45) is 0 Å². The molecule has 0 fully saturated rings. The first-order valence-electron chi connectivity index (χ1n) is 15.2. The Bertz CT molecular complexity index is 1510. The highest BCUT2D eigenvalue weighted by Crippen LogP contribution is 2.55. The standard InChI is InChI=1S/C27H30P.C7H8O3S/c1-2-3-4-5-6-7-17-24-28(25-18-11-8-12-19-25,26-20-13-9-14-21-26)27-22-15-10-16-23-27;1-6-2-4-7(5-3-6)11(8,9)10/h3-4,6-16,18-23H,2,5,17,24H2,1H3;2-5H,1H3,(H,8,9,10)/q+1;/p-1/b4-3-,7-6-;/i1D3,2D2;. The van der Waals surface area contributed by atoms with Crippen LogP contribution in [-0.4, -0.2) is 19.1 Å². The van der Waals surface area contributed by atoms with Crippen LogP contribution in [0.5, 0.6) is 0 Å². The molecular formula is C34H37O3PS. The van der Waals surface area contributed by atoms with Crippen LogP contribution < -0.4 is 15.9 Å². The zero-order valence-corrected chi connectivity index (χ0v) is 23.7. The zero-order valence-electron chi connectivity index (χ0n) is 27.0. The summed E-state index contributed by atoms with van der Waals surface area (Å²) in [4.78, 5) is -0.178. The fourth-order valence-electron chi connectivity index (χ4n) is 4.27. The molecule has 0 aliphatic heterocycles. The summed E-state index contributed by atoms with van der Waals surface area (Å²) in [5.74, 6) is 0. The highest BCUT2D eigenvalue weighted by atomic mass is 32.2. The summed E-state index contributed by atoms with van der Waals surface area (Å²) in [5.41, 5.74) is 0.928. The maximum absolute atomic E-state index is 10.4. The van der Waals surface area contributed by atoms with Crippen molar-refractivity contribution in [1.29, 1.82) is 0 Å². The number of rotatable bonds is 10. The van der Waals surface area contributed by atoms with Crippen molar-refractivity contribution in [1.82, 2.24) is 0 Å². The first-order valence-corrected chi connectivity index (χ1v) is 16.1. The van der Waals surface area contributed by atoms with E-state index in [2.05, 4.69) is 97.1 Å². The van der Waals surface area contributed by atoms with Gasteiger partial charge in [0.1, 0.15) is 33.3 Å². The topological polar surface area (TPSA) is 57.2 Å². The van der Waals surface area contributed by atoms with Gasteiger partial charge in [-0.2, -0.15) is 0 Å². The van der Waals surface area contributed by atoms with Crippen molar-refractivity contribution in [2.75, 3.05) is 6.16 Å². The summed E-state index contributed by atoms with van der Waals surface area (Å²) in [6, 6.07) is 38.0. The van der Waals surface area contributed by atoms with Crippen LogP contribution >= 0.6 is 7.26 Å². The Morgan fingerprint density at radius 2 is 1.18 bits per heavy atom. The lowest BCUT2D eigenvalue weighted by atomic mass is 10.2. The van der Waals surface area contributed by atoms with Crippen LogP contribution in [0.2, 0.25) is 0 Å². The Hall–Kier alpha value is -3.30. The van der Waals surface area contributed by atoms with Crippen molar-refractivity contribution in [3.63, 3.8) is 0 Å². The first-order chi connectivity index (χ1) is 20.8. The molecule has 4 rings (SSSR count). The molecule has 0 amide bonds. The predicted octanol–water partition coefficient (Wildman–Crippen LogP) is 7.18. The Kier molecular flexibility index (Phi) is 9.27. The van der Waals surface area contributed by atoms with E-state index in [1.54, 1.807) is 18.2 Å². The molecule has 0 unspecified atom stereocenters. The van der Waals surface area contributed by atoms with Gasteiger partial charge in [0, 0.05) is 13.3 Å². The van der Waals surface area contributed by atoms with Gasteiger partial charge in [-0.05, 0) is 68.2 Å². The molecule has 0 bridgehead atoms. The molecule has 0 heterocycles. The van der Waals surface area contributed by atoms with E-state index in [9.17, 15) is 13.0 Å². The maximum atomic E-state index is 10.4. The van der Waals surface area contributed by atoms with Crippen molar-refractivity contribution in [2.45, 2.75) is 37.9 Å². The minimum atomic E-state index is -4.27. The fraction of sp³-hybridized carbons (Fsp3) is 0.176. The van der Waals surface area contributed by atoms with Crippen molar-refractivity contribution in [3.8, 4) is 0 Å². The van der Waals surface area contributed by atoms with E-state index >= 15 is 0 Å². The molecule has 0 aromatic heterocycles. The molecule has 0 aliphatic carbocycles. The van der Waals surface area contributed by atoms with Crippen LogP contribution in [0.25, 0.3) is 0 Å². The van der Waals surface area contributed by atoms with E-state index in [1.165, 1.54) is 28.0 Å². The van der Waals surface area contributed by atoms with Crippen LogP contribution in [0.3, 0.4) is 0 Å². The molecule has 0 radical (unpaired) electrons. The molecule has 0 aliphatic rings. The Morgan fingerprint density at radius 3 is 1.62 bits per heavy atom. The van der Waals surface area contributed by atoms with Crippen molar-refractivity contribution < 1.29 is 19.8 Å². The van der Waals surface area contributed by atoms with Gasteiger partial charge in [-0.25, -0.2) is 8.42 Å². The molecular weight excluding hydrogens is 519 g/mol. The van der Waals surface area contributed by atoms with Gasteiger partial charge in [-0.15, -0.1) is 0 Å². The summed E-state index contributed by atoms with van der Waals surface area (Å²) in [6.45, 7) is -0.834. The lowest BCUT2D eigenvalue weighted by Crippen LogP contribution is -2.33. The number of benzene rings is 4. The third-order valence-corrected chi connectivity index (χ3v) is 11.5. The van der Waals surface area contributed by atoms with E-state index in [0.29, 0.717) is 6.42 Å². The van der Waals surface area contributed by atoms with Crippen LogP contribution in [0.4, 0.5) is 0 Å². The Labute approximate surface area is 242 Å². The van der Waals surface area contributed by atoms with Gasteiger partial charge in [-0.3, -0.25) is 0 Å². The number of hydrogen-bond donors (Lipinski definition) is 0. The molecule has 0 atom stereocenters. The van der Waals surface area contributed by atoms with Gasteiger partial charge < -0.3 is 4.55 Å². The second-order valence-corrected chi connectivity index (χ2v) is 13.8. The summed E-state index contributed by atoms with van der Waals surface area (Å²) in [5, 5.41) is 4.05. The average Bonchev–Trinajstić information content (AvgIpc) is 2.99. The maximum Gasteiger partial charge on any atom is 0.124 e. The van der Waals surface area contributed by atoms with Crippen LogP contribution in [0.15, 0.2) is 144 Å². The van der Waals surface area contributed by atoms with Crippen LogP contribution in [0, 0.1) is 6.92 Å². The van der Waals surface area contributed by atoms with E-state index in [0.717, 1.165) is 24.2 Å². The van der Waals surface area contributed by atoms with Crippen LogP contribution in [-0.2, 0) is 10.1 Å². The van der Waals surface area contributed by atoms with Gasteiger partial charge in [0.2, 0.25) is 0 Å². The van der Waals surface area contributed by atoms with E-state index in [4.69, 9.17) is 6.85 Å². The third-order valence-electron chi connectivity index (χ3n) is 6.17. The summed E-state index contributed by atoms with van der Waals surface area (Å²) in [6.07, 6.45) is 6.89. The Morgan fingerprint density at radius 1 is 0.718 bits per heavy atom. The average molecular weight is 562 g/mol. The molecule has 0 spiro atoms. The SMILES string of the molecule is Cc1ccc(S(=O)(=O)[O-])cc1.[2H]C([2H])([2H])C([2H])([2H])/C=C\C/C=C\CC[P+](c1ccccc1)(c1ccccc1)c1ccccc1. The highest BCUT2D eigenvalue weighted by molar-refractivity contribution is 7.95.